The maximum atomic E-state index is 12.2. The Balaban J connectivity index is 1.64. The monoisotopic (exact) mass is 318 g/mol. The highest BCUT2D eigenvalue weighted by molar-refractivity contribution is 7.87. The van der Waals surface area contributed by atoms with Crippen LogP contribution in [0.1, 0.15) is 32.1 Å². The van der Waals surface area contributed by atoms with E-state index >= 15 is 0 Å². The maximum absolute atomic E-state index is 12.2. The van der Waals surface area contributed by atoms with E-state index in [4.69, 9.17) is 0 Å². The van der Waals surface area contributed by atoms with Crippen molar-refractivity contribution < 1.29 is 8.42 Å². The van der Waals surface area contributed by atoms with Gasteiger partial charge in [-0.15, -0.1) is 0 Å². The molecular formula is C14H30N4O2S. The van der Waals surface area contributed by atoms with Crippen molar-refractivity contribution in [1.29, 1.82) is 0 Å². The Kier molecular flexibility index (Phi) is 6.88. The molecule has 2 aliphatic rings. The zero-order chi connectivity index (χ0) is 15.1. The molecule has 0 aromatic rings. The van der Waals surface area contributed by atoms with Crippen molar-refractivity contribution in [2.75, 3.05) is 52.9 Å². The molecule has 0 bridgehead atoms. The highest BCUT2D eigenvalue weighted by Gasteiger charge is 2.27. The van der Waals surface area contributed by atoms with Crippen molar-refractivity contribution in [2.45, 2.75) is 32.1 Å². The lowest BCUT2D eigenvalue weighted by molar-refractivity contribution is 0.267. The predicted molar refractivity (Wildman–Crippen MR) is 85.4 cm³/mol. The molecule has 0 atom stereocenters. The van der Waals surface area contributed by atoms with Crippen LogP contribution in [0, 0.1) is 5.92 Å². The summed E-state index contributed by atoms with van der Waals surface area (Å²) in [5, 5.41) is 3.17. The largest absolute Gasteiger partial charge is 0.319 e. The van der Waals surface area contributed by atoms with Gasteiger partial charge >= 0.3 is 0 Å². The summed E-state index contributed by atoms with van der Waals surface area (Å²) >= 11 is 0. The molecule has 0 aromatic heterocycles. The number of piperidine rings is 1. The number of nitrogens with zero attached hydrogens (tertiary/aromatic N) is 2. The summed E-state index contributed by atoms with van der Waals surface area (Å²) < 4.78 is 28.8. The highest BCUT2D eigenvalue weighted by Crippen LogP contribution is 2.18. The Morgan fingerprint density at radius 3 is 2.38 bits per heavy atom. The van der Waals surface area contributed by atoms with E-state index in [1.54, 1.807) is 4.31 Å². The van der Waals surface area contributed by atoms with Gasteiger partial charge in [-0.1, -0.05) is 0 Å². The van der Waals surface area contributed by atoms with Gasteiger partial charge in [0.2, 0.25) is 0 Å². The second kappa shape index (κ2) is 8.43. The second-order valence-electron chi connectivity index (χ2n) is 6.20. The molecule has 0 unspecified atom stereocenters. The molecular weight excluding hydrogens is 288 g/mol. The fourth-order valence-corrected chi connectivity index (χ4v) is 4.52. The number of rotatable bonds is 8. The molecule has 2 N–H and O–H groups in total. The maximum Gasteiger partial charge on any atom is 0.279 e. The van der Waals surface area contributed by atoms with Crippen LogP contribution in [-0.2, 0) is 10.2 Å². The Hall–Kier alpha value is -0.210. The molecule has 21 heavy (non-hydrogen) atoms. The van der Waals surface area contributed by atoms with Crippen LogP contribution in [0.25, 0.3) is 0 Å². The molecule has 0 aliphatic carbocycles. The first-order valence-electron chi connectivity index (χ1n) is 8.23. The van der Waals surface area contributed by atoms with Gasteiger partial charge in [-0.25, -0.2) is 4.72 Å². The fraction of sp³-hybridized carbons (Fsp3) is 1.00. The number of likely N-dealkylation sites (tertiary alicyclic amines) is 1. The first-order chi connectivity index (χ1) is 10.1. The van der Waals surface area contributed by atoms with Crippen LogP contribution in [0.3, 0.4) is 0 Å². The molecule has 2 rings (SSSR count). The fourth-order valence-electron chi connectivity index (χ4n) is 3.24. The Morgan fingerprint density at radius 1 is 1.10 bits per heavy atom. The quantitative estimate of drug-likeness (QED) is 0.629. The molecule has 2 heterocycles. The van der Waals surface area contributed by atoms with Gasteiger partial charge in [-0.3, -0.25) is 0 Å². The van der Waals surface area contributed by atoms with E-state index in [0.717, 1.165) is 32.4 Å². The molecule has 6 nitrogen and oxygen atoms in total. The van der Waals surface area contributed by atoms with Crippen molar-refractivity contribution >= 4 is 10.2 Å². The second-order valence-corrected chi connectivity index (χ2v) is 7.96. The van der Waals surface area contributed by atoms with Gasteiger partial charge < -0.3 is 10.2 Å². The number of nitrogens with one attached hydrogen (secondary N) is 2. The molecule has 7 heteroatoms. The van der Waals surface area contributed by atoms with Crippen LogP contribution < -0.4 is 10.0 Å². The minimum Gasteiger partial charge on any atom is -0.319 e. The molecule has 0 saturated carbocycles. The Labute approximate surface area is 129 Å². The Morgan fingerprint density at radius 2 is 1.76 bits per heavy atom. The first-order valence-corrected chi connectivity index (χ1v) is 9.67. The standard InChI is InChI=1S/C14H30N4O2S/c1-15-13-14-5-11-18(12-6-14)21(19,20)16-7-4-10-17-8-2-3-9-17/h14-16H,2-13H2,1H3. The first kappa shape index (κ1) is 17.1. The average Bonchev–Trinajstić information content (AvgIpc) is 2.98. The van der Waals surface area contributed by atoms with Gasteiger partial charge in [0.25, 0.3) is 10.2 Å². The third-order valence-electron chi connectivity index (χ3n) is 4.54. The smallest absolute Gasteiger partial charge is 0.279 e. The summed E-state index contributed by atoms with van der Waals surface area (Å²) in [6, 6.07) is 0. The molecule has 0 aromatic carbocycles. The summed E-state index contributed by atoms with van der Waals surface area (Å²) in [4.78, 5) is 2.41. The van der Waals surface area contributed by atoms with E-state index in [1.165, 1.54) is 25.9 Å². The van der Waals surface area contributed by atoms with Gasteiger partial charge in [-0.05, 0) is 71.2 Å². The van der Waals surface area contributed by atoms with E-state index in [-0.39, 0.29) is 0 Å². The average molecular weight is 318 g/mol. The summed E-state index contributed by atoms with van der Waals surface area (Å²) in [5.74, 6) is 0.608. The van der Waals surface area contributed by atoms with Crippen molar-refractivity contribution in [1.82, 2.24) is 19.2 Å². The van der Waals surface area contributed by atoms with Crippen molar-refractivity contribution in [2.24, 2.45) is 5.92 Å². The molecule has 0 amide bonds. The van der Waals surface area contributed by atoms with Gasteiger partial charge in [0.1, 0.15) is 0 Å². The summed E-state index contributed by atoms with van der Waals surface area (Å²) in [7, 11) is -1.32. The summed E-state index contributed by atoms with van der Waals surface area (Å²) in [6.45, 7) is 6.18. The van der Waals surface area contributed by atoms with Gasteiger partial charge in [0, 0.05) is 19.6 Å². The van der Waals surface area contributed by atoms with Crippen LogP contribution in [0.2, 0.25) is 0 Å². The van der Waals surface area contributed by atoms with E-state index in [2.05, 4.69) is 14.9 Å². The zero-order valence-electron chi connectivity index (χ0n) is 13.2. The predicted octanol–water partition coefficient (Wildman–Crippen LogP) is 0.238. The molecule has 0 spiro atoms. The lowest BCUT2D eigenvalue weighted by Crippen LogP contribution is -2.46. The molecule has 2 fully saturated rings. The normalized spacial score (nSPS) is 22.9. The zero-order valence-corrected chi connectivity index (χ0v) is 14.0. The van der Waals surface area contributed by atoms with Crippen LogP contribution in [-0.4, -0.2) is 70.5 Å². The van der Waals surface area contributed by atoms with Crippen LogP contribution >= 0.6 is 0 Å². The van der Waals surface area contributed by atoms with E-state index in [9.17, 15) is 8.42 Å². The van der Waals surface area contributed by atoms with Gasteiger partial charge in [0.15, 0.2) is 0 Å². The summed E-state index contributed by atoms with van der Waals surface area (Å²) in [6.07, 6.45) is 5.38. The lowest BCUT2D eigenvalue weighted by atomic mass is 9.98. The van der Waals surface area contributed by atoms with Crippen molar-refractivity contribution in [3.8, 4) is 0 Å². The van der Waals surface area contributed by atoms with Crippen LogP contribution in [0.15, 0.2) is 0 Å². The van der Waals surface area contributed by atoms with E-state index in [1.807, 2.05) is 7.05 Å². The molecule has 2 saturated heterocycles. The van der Waals surface area contributed by atoms with E-state index in [0.29, 0.717) is 25.6 Å². The van der Waals surface area contributed by atoms with Crippen LogP contribution in [0.4, 0.5) is 0 Å². The lowest BCUT2D eigenvalue weighted by Gasteiger charge is -2.31. The molecule has 2 aliphatic heterocycles. The van der Waals surface area contributed by atoms with Crippen LogP contribution in [0.5, 0.6) is 0 Å². The highest BCUT2D eigenvalue weighted by atomic mass is 32.2. The number of hydrogen-bond acceptors (Lipinski definition) is 4. The van der Waals surface area contributed by atoms with Gasteiger partial charge in [0.05, 0.1) is 0 Å². The third kappa shape index (κ3) is 5.49. The topological polar surface area (TPSA) is 64.7 Å². The summed E-state index contributed by atoms with van der Waals surface area (Å²) in [5.41, 5.74) is 0. The third-order valence-corrected chi connectivity index (χ3v) is 6.15. The molecule has 124 valence electrons. The Bertz CT molecular complexity index is 388. The molecule has 0 radical (unpaired) electrons. The minimum atomic E-state index is -3.27. The number of hydrogen-bond donors (Lipinski definition) is 2. The van der Waals surface area contributed by atoms with Gasteiger partial charge in [-0.2, -0.15) is 12.7 Å². The van der Waals surface area contributed by atoms with Crippen molar-refractivity contribution in [3.05, 3.63) is 0 Å². The van der Waals surface area contributed by atoms with E-state index < -0.39 is 10.2 Å². The van der Waals surface area contributed by atoms with Crippen molar-refractivity contribution in [3.63, 3.8) is 0 Å². The SMILES string of the molecule is CNCC1CCN(S(=O)(=O)NCCCN2CCCC2)CC1. The minimum absolute atomic E-state index is 0.551.